The van der Waals surface area contributed by atoms with E-state index in [1.165, 1.54) is 12.3 Å². The number of carbonyl (C=O) groups excluding carboxylic acids is 2. The fraction of sp³-hybridized carbons (Fsp3) is 0.364. The van der Waals surface area contributed by atoms with E-state index in [2.05, 4.69) is 27.2 Å². The normalized spacial score (nSPS) is 15.3. The Morgan fingerprint density at radius 2 is 2.09 bits per heavy atom. The maximum absolute atomic E-state index is 12.8. The van der Waals surface area contributed by atoms with E-state index in [0.717, 1.165) is 6.42 Å². The number of carbonyl (C=O) groups is 2. The van der Waals surface area contributed by atoms with Gasteiger partial charge in [0.1, 0.15) is 11.6 Å². The molecule has 0 bridgehead atoms. The first-order valence-electron chi connectivity index (χ1n) is 10.3. The largest absolute Gasteiger partial charge is 0.474 e. The van der Waals surface area contributed by atoms with Gasteiger partial charge in [-0.25, -0.2) is 4.98 Å². The zero-order valence-corrected chi connectivity index (χ0v) is 18.6. The molecule has 9 nitrogen and oxygen atoms in total. The molecule has 2 N–H and O–H groups in total. The number of aromatic nitrogens is 2. The van der Waals surface area contributed by atoms with E-state index >= 15 is 0 Å². The Hall–Kier alpha value is -3.17. The molecule has 170 valence electrons. The standard InChI is InChI=1S/C22H26ClN5O4/c1-3-19(29)25-16-7-5-15(6-8-16)21(30)28-10-9-17(14-28)26-22-24-13-18(23)20(27-22)32-12-11-31-4-2/h3,5-8,13,17H,1,4,9-12,14H2,2H3,(H,25,29)(H,24,26,27)/t17-/m0/s1. The molecule has 1 aliphatic heterocycles. The van der Waals surface area contributed by atoms with E-state index in [4.69, 9.17) is 21.1 Å². The Morgan fingerprint density at radius 3 is 2.81 bits per heavy atom. The van der Waals surface area contributed by atoms with Crippen LogP contribution in [0.4, 0.5) is 11.6 Å². The number of hydrogen-bond donors (Lipinski definition) is 2. The third kappa shape index (κ3) is 6.41. The monoisotopic (exact) mass is 459 g/mol. The van der Waals surface area contributed by atoms with Crippen molar-refractivity contribution in [3.63, 3.8) is 0 Å². The number of rotatable bonds is 10. The van der Waals surface area contributed by atoms with Gasteiger partial charge in [-0.3, -0.25) is 9.59 Å². The molecule has 1 saturated heterocycles. The van der Waals surface area contributed by atoms with E-state index in [1.807, 2.05) is 6.92 Å². The molecule has 1 atom stereocenters. The summed E-state index contributed by atoms with van der Waals surface area (Å²) in [6, 6.07) is 6.76. The highest BCUT2D eigenvalue weighted by molar-refractivity contribution is 6.31. The number of nitrogens with zero attached hydrogens (tertiary/aromatic N) is 3. The third-order valence-electron chi connectivity index (χ3n) is 4.78. The van der Waals surface area contributed by atoms with Crippen molar-refractivity contribution in [2.75, 3.05) is 43.5 Å². The molecule has 2 aromatic rings. The van der Waals surface area contributed by atoms with Gasteiger partial charge < -0.3 is 25.0 Å². The van der Waals surface area contributed by atoms with Gasteiger partial charge in [0.2, 0.25) is 17.7 Å². The molecule has 1 fully saturated rings. The zero-order chi connectivity index (χ0) is 22.9. The number of nitrogens with one attached hydrogen (secondary N) is 2. The topological polar surface area (TPSA) is 106 Å². The van der Waals surface area contributed by atoms with Crippen molar-refractivity contribution >= 4 is 35.1 Å². The highest BCUT2D eigenvalue weighted by Gasteiger charge is 2.27. The molecule has 10 heteroatoms. The molecular formula is C22H26ClN5O4. The first-order valence-corrected chi connectivity index (χ1v) is 10.7. The highest BCUT2D eigenvalue weighted by atomic mass is 35.5. The first-order chi connectivity index (χ1) is 15.5. The summed E-state index contributed by atoms with van der Waals surface area (Å²) in [7, 11) is 0. The van der Waals surface area contributed by atoms with Crippen LogP contribution >= 0.6 is 11.6 Å². The van der Waals surface area contributed by atoms with Gasteiger partial charge in [0, 0.05) is 37.0 Å². The molecule has 1 aromatic heterocycles. The maximum Gasteiger partial charge on any atom is 0.253 e. The van der Waals surface area contributed by atoms with Crippen LogP contribution in [0.15, 0.2) is 43.1 Å². The summed E-state index contributed by atoms with van der Waals surface area (Å²) in [6.45, 7) is 7.84. The molecule has 3 rings (SSSR count). The van der Waals surface area contributed by atoms with E-state index in [9.17, 15) is 9.59 Å². The lowest BCUT2D eigenvalue weighted by atomic mass is 10.2. The summed E-state index contributed by atoms with van der Waals surface area (Å²) in [5.74, 6) is 0.304. The minimum Gasteiger partial charge on any atom is -0.474 e. The minimum absolute atomic E-state index is 0.00236. The zero-order valence-electron chi connectivity index (χ0n) is 17.8. The van der Waals surface area contributed by atoms with Crippen molar-refractivity contribution in [1.82, 2.24) is 14.9 Å². The molecule has 1 aromatic carbocycles. The molecule has 32 heavy (non-hydrogen) atoms. The van der Waals surface area contributed by atoms with Crippen LogP contribution in [0.3, 0.4) is 0 Å². The second kappa shape index (κ2) is 11.4. The van der Waals surface area contributed by atoms with E-state index in [-0.39, 0.29) is 17.9 Å². The quantitative estimate of drug-likeness (QED) is 0.415. The summed E-state index contributed by atoms with van der Waals surface area (Å²) < 4.78 is 10.8. The third-order valence-corrected chi connectivity index (χ3v) is 5.04. The fourth-order valence-corrected chi connectivity index (χ4v) is 3.33. The number of likely N-dealkylation sites (tertiary alicyclic amines) is 1. The summed E-state index contributed by atoms with van der Waals surface area (Å²) in [5, 5.41) is 6.22. The predicted octanol–water partition coefficient (Wildman–Crippen LogP) is 3.00. The summed E-state index contributed by atoms with van der Waals surface area (Å²) in [6.07, 6.45) is 3.43. The number of hydrogen-bond acceptors (Lipinski definition) is 7. The first kappa shape index (κ1) is 23.5. The van der Waals surface area contributed by atoms with E-state index in [0.29, 0.717) is 61.0 Å². The van der Waals surface area contributed by atoms with Crippen LogP contribution < -0.4 is 15.4 Å². The predicted molar refractivity (Wildman–Crippen MR) is 122 cm³/mol. The van der Waals surface area contributed by atoms with Crippen molar-refractivity contribution in [3.8, 4) is 5.88 Å². The molecule has 0 saturated carbocycles. The number of ether oxygens (including phenoxy) is 2. The Morgan fingerprint density at radius 1 is 1.31 bits per heavy atom. The molecule has 0 aliphatic carbocycles. The van der Waals surface area contributed by atoms with Crippen molar-refractivity contribution in [2.24, 2.45) is 0 Å². The Bertz CT molecular complexity index is 954. The lowest BCUT2D eigenvalue weighted by Crippen LogP contribution is -2.31. The van der Waals surface area contributed by atoms with Gasteiger partial charge >= 0.3 is 0 Å². The van der Waals surface area contributed by atoms with Gasteiger partial charge in [-0.1, -0.05) is 18.2 Å². The molecule has 0 radical (unpaired) electrons. The van der Waals surface area contributed by atoms with Crippen LogP contribution in [0, 0.1) is 0 Å². The van der Waals surface area contributed by atoms with Crippen LogP contribution in [0.2, 0.25) is 5.02 Å². The fourth-order valence-electron chi connectivity index (χ4n) is 3.18. The summed E-state index contributed by atoms with van der Waals surface area (Å²) in [5.41, 5.74) is 1.15. The van der Waals surface area contributed by atoms with Gasteiger partial charge in [-0.05, 0) is 43.7 Å². The molecule has 2 amide bonds. The van der Waals surface area contributed by atoms with E-state index < -0.39 is 0 Å². The van der Waals surface area contributed by atoms with Crippen LogP contribution in [-0.2, 0) is 9.53 Å². The molecular weight excluding hydrogens is 434 g/mol. The highest BCUT2D eigenvalue weighted by Crippen LogP contribution is 2.23. The average Bonchev–Trinajstić information content (AvgIpc) is 3.27. The van der Waals surface area contributed by atoms with Crippen LogP contribution in [0.1, 0.15) is 23.7 Å². The Kier molecular flexibility index (Phi) is 8.41. The lowest BCUT2D eigenvalue weighted by molar-refractivity contribution is -0.111. The smallest absolute Gasteiger partial charge is 0.253 e. The molecule has 0 unspecified atom stereocenters. The molecule has 1 aliphatic rings. The maximum atomic E-state index is 12.8. The molecule has 0 spiro atoms. The summed E-state index contributed by atoms with van der Waals surface area (Å²) in [4.78, 5) is 34.5. The van der Waals surface area contributed by atoms with Gasteiger partial charge in [-0.15, -0.1) is 0 Å². The second-order valence-electron chi connectivity index (χ2n) is 7.04. The van der Waals surface area contributed by atoms with Crippen LogP contribution in [0.5, 0.6) is 5.88 Å². The second-order valence-corrected chi connectivity index (χ2v) is 7.45. The number of anilines is 2. The van der Waals surface area contributed by atoms with Gasteiger partial charge in [0.05, 0.1) is 12.8 Å². The SMILES string of the molecule is C=CC(=O)Nc1ccc(C(=O)N2CC[C@H](Nc3ncc(Cl)c(OCCOCC)n3)C2)cc1. The number of amides is 2. The van der Waals surface area contributed by atoms with Crippen molar-refractivity contribution < 1.29 is 19.1 Å². The Balaban J connectivity index is 1.54. The molecule has 2 heterocycles. The average molecular weight is 460 g/mol. The summed E-state index contributed by atoms with van der Waals surface area (Å²) >= 11 is 6.11. The van der Waals surface area contributed by atoms with Crippen LogP contribution in [-0.4, -0.2) is 65.6 Å². The van der Waals surface area contributed by atoms with Crippen molar-refractivity contribution in [1.29, 1.82) is 0 Å². The van der Waals surface area contributed by atoms with Crippen molar-refractivity contribution in [3.05, 3.63) is 53.7 Å². The number of benzene rings is 1. The number of halogens is 1. The van der Waals surface area contributed by atoms with Gasteiger partial charge in [0.15, 0.2) is 0 Å². The van der Waals surface area contributed by atoms with Gasteiger partial charge in [0.25, 0.3) is 5.91 Å². The van der Waals surface area contributed by atoms with E-state index in [1.54, 1.807) is 29.2 Å². The lowest BCUT2D eigenvalue weighted by Gasteiger charge is -2.18. The van der Waals surface area contributed by atoms with Crippen molar-refractivity contribution in [2.45, 2.75) is 19.4 Å². The minimum atomic E-state index is -0.301. The van der Waals surface area contributed by atoms with Gasteiger partial charge in [-0.2, -0.15) is 4.98 Å². The van der Waals surface area contributed by atoms with Crippen LogP contribution in [0.25, 0.3) is 0 Å². The Labute approximate surface area is 191 Å².